The van der Waals surface area contributed by atoms with Gasteiger partial charge in [0.15, 0.2) is 0 Å². The van der Waals surface area contributed by atoms with E-state index in [-0.39, 0.29) is 19.4 Å². The summed E-state index contributed by atoms with van der Waals surface area (Å²) < 4.78 is 9.95. The van der Waals surface area contributed by atoms with E-state index in [4.69, 9.17) is 14.6 Å². The first-order chi connectivity index (χ1) is 7.28. The molecule has 2 atom stereocenters. The fourth-order valence-electron chi connectivity index (χ4n) is 1.21. The van der Waals surface area contributed by atoms with Crippen LogP contribution in [-0.4, -0.2) is 47.7 Å². The quantitative estimate of drug-likeness (QED) is 0.654. The van der Waals surface area contributed by atoms with Crippen LogP contribution in [0.2, 0.25) is 0 Å². The van der Waals surface area contributed by atoms with Gasteiger partial charge in [0.2, 0.25) is 0 Å². The van der Waals surface area contributed by atoms with Crippen LogP contribution < -0.4 is 0 Å². The number of carbonyl (C=O) groups excluding carboxylic acids is 1. The van der Waals surface area contributed by atoms with E-state index >= 15 is 0 Å². The molecule has 0 aromatic rings. The maximum absolute atomic E-state index is 11.3. The minimum atomic E-state index is -0.855. The minimum absolute atomic E-state index is 0.0862. The van der Waals surface area contributed by atoms with Gasteiger partial charge in [-0.3, -0.25) is 4.79 Å². The summed E-state index contributed by atoms with van der Waals surface area (Å²) in [6, 6.07) is 0. The summed E-state index contributed by atoms with van der Waals surface area (Å²) in [7, 11) is 1.45. The van der Waals surface area contributed by atoms with Crippen LogP contribution in [0.4, 0.5) is 0 Å². The number of ether oxygens (including phenoxy) is 2. The Balaban J connectivity index is 3.95. The maximum atomic E-state index is 11.3. The zero-order valence-corrected chi connectivity index (χ0v) is 10.4. The zero-order valence-electron chi connectivity index (χ0n) is 10.4. The lowest BCUT2D eigenvalue weighted by Crippen LogP contribution is -2.29. The molecular formula is C11H22O5. The minimum Gasteiger partial charge on any atom is -0.460 e. The molecule has 96 valence electrons. The summed E-state index contributed by atoms with van der Waals surface area (Å²) in [5.74, 6) is -0.451. The molecule has 16 heavy (non-hydrogen) atoms. The van der Waals surface area contributed by atoms with Crippen LogP contribution >= 0.6 is 0 Å². The van der Waals surface area contributed by atoms with E-state index in [1.165, 1.54) is 7.11 Å². The molecule has 0 aromatic carbocycles. The van der Waals surface area contributed by atoms with Gasteiger partial charge in [0, 0.05) is 13.5 Å². The first-order valence-corrected chi connectivity index (χ1v) is 5.32. The summed E-state index contributed by atoms with van der Waals surface area (Å²) in [6.07, 6.45) is -1.17. The van der Waals surface area contributed by atoms with Crippen LogP contribution in [0.3, 0.4) is 0 Å². The molecule has 5 nitrogen and oxygen atoms in total. The van der Waals surface area contributed by atoms with Crippen molar-refractivity contribution in [2.75, 3.05) is 13.7 Å². The monoisotopic (exact) mass is 234 g/mol. The van der Waals surface area contributed by atoms with Crippen molar-refractivity contribution in [2.24, 2.45) is 0 Å². The topological polar surface area (TPSA) is 76.0 Å². The number of rotatable bonds is 6. The van der Waals surface area contributed by atoms with Crippen LogP contribution in [0.5, 0.6) is 0 Å². The van der Waals surface area contributed by atoms with E-state index in [1.54, 1.807) is 20.8 Å². The standard InChI is InChI=1S/C11H22O5/c1-11(2,3)16-10(14)6-8(13)5-9(7-12)15-4/h8-9,12-13H,5-7H2,1-4H3/t8-,9+/m0/s1. The van der Waals surface area contributed by atoms with Crippen molar-refractivity contribution >= 4 is 5.97 Å². The molecule has 0 aromatic heterocycles. The number of methoxy groups -OCH3 is 1. The van der Waals surface area contributed by atoms with Crippen LogP contribution in [0, 0.1) is 0 Å². The molecule has 0 aliphatic carbocycles. The Morgan fingerprint density at radius 2 is 1.94 bits per heavy atom. The van der Waals surface area contributed by atoms with Gasteiger partial charge in [-0.15, -0.1) is 0 Å². The summed E-state index contributed by atoms with van der Waals surface area (Å²) in [4.78, 5) is 11.3. The predicted octanol–water partition coefficient (Wildman–Crippen LogP) is 0.476. The molecule has 0 aliphatic heterocycles. The van der Waals surface area contributed by atoms with Crippen LogP contribution in [0.15, 0.2) is 0 Å². The van der Waals surface area contributed by atoms with Gasteiger partial charge in [-0.25, -0.2) is 0 Å². The van der Waals surface area contributed by atoms with Crippen molar-refractivity contribution in [3.63, 3.8) is 0 Å². The second-order valence-electron chi connectivity index (χ2n) is 4.72. The second kappa shape index (κ2) is 6.83. The Labute approximate surface area is 96.4 Å². The van der Waals surface area contributed by atoms with Crippen LogP contribution in [0.25, 0.3) is 0 Å². The highest BCUT2D eigenvalue weighted by atomic mass is 16.6. The lowest BCUT2D eigenvalue weighted by Gasteiger charge is -2.21. The van der Waals surface area contributed by atoms with Crippen LogP contribution in [-0.2, 0) is 14.3 Å². The molecule has 0 saturated carbocycles. The molecular weight excluding hydrogens is 212 g/mol. The molecule has 0 heterocycles. The van der Waals surface area contributed by atoms with Gasteiger partial charge in [-0.05, 0) is 20.8 Å². The van der Waals surface area contributed by atoms with E-state index < -0.39 is 23.8 Å². The molecule has 5 heteroatoms. The van der Waals surface area contributed by atoms with E-state index in [1.807, 2.05) is 0 Å². The number of aliphatic hydroxyl groups excluding tert-OH is 2. The third-order valence-electron chi connectivity index (χ3n) is 1.89. The van der Waals surface area contributed by atoms with E-state index in [0.29, 0.717) is 0 Å². The Morgan fingerprint density at radius 1 is 1.38 bits per heavy atom. The summed E-state index contributed by atoms with van der Waals surface area (Å²) in [5.41, 5.74) is -0.547. The Morgan fingerprint density at radius 3 is 2.31 bits per heavy atom. The largest absolute Gasteiger partial charge is 0.460 e. The molecule has 0 amide bonds. The number of carbonyl (C=O) groups is 1. The number of aliphatic hydroxyl groups is 2. The Bertz CT molecular complexity index is 205. The number of hydrogen-bond donors (Lipinski definition) is 2. The Hall–Kier alpha value is -0.650. The van der Waals surface area contributed by atoms with Crippen molar-refractivity contribution in [1.29, 1.82) is 0 Å². The molecule has 2 N–H and O–H groups in total. The van der Waals surface area contributed by atoms with Crippen LogP contribution in [0.1, 0.15) is 33.6 Å². The third kappa shape index (κ3) is 7.62. The molecule has 0 bridgehead atoms. The van der Waals surface area contributed by atoms with E-state index in [9.17, 15) is 9.90 Å². The zero-order chi connectivity index (χ0) is 12.8. The Kier molecular flexibility index (Phi) is 6.55. The molecule has 0 radical (unpaired) electrons. The highest BCUT2D eigenvalue weighted by molar-refractivity contribution is 5.70. The van der Waals surface area contributed by atoms with Crippen molar-refractivity contribution in [3.8, 4) is 0 Å². The molecule has 0 rings (SSSR count). The van der Waals surface area contributed by atoms with E-state index in [0.717, 1.165) is 0 Å². The average Bonchev–Trinajstić information content (AvgIpc) is 2.10. The highest BCUT2D eigenvalue weighted by Crippen LogP contribution is 2.11. The predicted molar refractivity (Wildman–Crippen MR) is 59.0 cm³/mol. The van der Waals surface area contributed by atoms with Crippen molar-refractivity contribution in [1.82, 2.24) is 0 Å². The summed E-state index contributed by atoms with van der Waals surface area (Å²) in [5, 5.41) is 18.4. The van der Waals surface area contributed by atoms with Gasteiger partial charge in [0.25, 0.3) is 0 Å². The van der Waals surface area contributed by atoms with E-state index in [2.05, 4.69) is 0 Å². The third-order valence-corrected chi connectivity index (χ3v) is 1.89. The maximum Gasteiger partial charge on any atom is 0.308 e. The SMILES string of the molecule is CO[C@@H](CO)C[C@H](O)CC(=O)OC(C)(C)C. The number of esters is 1. The van der Waals surface area contributed by atoms with Crippen molar-refractivity contribution < 1.29 is 24.5 Å². The summed E-state index contributed by atoms with van der Waals surface area (Å²) in [6.45, 7) is 5.12. The first kappa shape index (κ1) is 15.3. The molecule has 0 fully saturated rings. The van der Waals surface area contributed by atoms with Gasteiger partial charge in [0.1, 0.15) is 5.60 Å². The highest BCUT2D eigenvalue weighted by Gasteiger charge is 2.21. The van der Waals surface area contributed by atoms with Gasteiger partial charge in [0.05, 0.1) is 25.2 Å². The second-order valence-corrected chi connectivity index (χ2v) is 4.72. The van der Waals surface area contributed by atoms with Crippen molar-refractivity contribution in [3.05, 3.63) is 0 Å². The number of hydrogen-bond acceptors (Lipinski definition) is 5. The smallest absolute Gasteiger partial charge is 0.308 e. The lowest BCUT2D eigenvalue weighted by molar-refractivity contribution is -0.157. The lowest BCUT2D eigenvalue weighted by atomic mass is 10.1. The molecule has 0 saturated heterocycles. The summed E-state index contributed by atoms with van der Waals surface area (Å²) >= 11 is 0. The average molecular weight is 234 g/mol. The van der Waals surface area contributed by atoms with Gasteiger partial charge >= 0.3 is 5.97 Å². The van der Waals surface area contributed by atoms with Gasteiger partial charge < -0.3 is 19.7 Å². The fraction of sp³-hybridized carbons (Fsp3) is 0.909. The first-order valence-electron chi connectivity index (χ1n) is 5.32. The molecule has 0 unspecified atom stereocenters. The normalized spacial score (nSPS) is 15.6. The van der Waals surface area contributed by atoms with Gasteiger partial charge in [-0.1, -0.05) is 0 Å². The fourth-order valence-corrected chi connectivity index (χ4v) is 1.21. The van der Waals surface area contributed by atoms with Crippen molar-refractivity contribution in [2.45, 2.75) is 51.4 Å². The van der Waals surface area contributed by atoms with Gasteiger partial charge in [-0.2, -0.15) is 0 Å². The molecule has 0 spiro atoms. The molecule has 0 aliphatic rings.